The number of amides is 2. The van der Waals surface area contributed by atoms with Crippen LogP contribution in [0.3, 0.4) is 0 Å². The van der Waals surface area contributed by atoms with E-state index in [1.54, 1.807) is 48.5 Å². The summed E-state index contributed by atoms with van der Waals surface area (Å²) in [6, 6.07) is 35.4. The quantitative estimate of drug-likeness (QED) is 0.269. The molecule has 6 rings (SSSR count). The Morgan fingerprint density at radius 1 is 0.810 bits per heavy atom. The molecule has 1 atom stereocenters. The number of para-hydroxylation sites is 2. The van der Waals surface area contributed by atoms with E-state index >= 15 is 0 Å². The summed E-state index contributed by atoms with van der Waals surface area (Å²) in [5.74, 6) is -0.535. The summed E-state index contributed by atoms with van der Waals surface area (Å²) in [5, 5.41) is 6.36. The van der Waals surface area contributed by atoms with Gasteiger partial charge in [-0.3, -0.25) is 14.2 Å². The minimum Gasteiger partial charge on any atom is -0.331 e. The molecule has 1 fully saturated rings. The molecule has 1 aliphatic rings. The molecule has 2 heterocycles. The van der Waals surface area contributed by atoms with Crippen LogP contribution in [-0.4, -0.2) is 51.9 Å². The van der Waals surface area contributed by atoms with Gasteiger partial charge in [0.1, 0.15) is 5.69 Å². The Bertz CT molecular complexity index is 1750. The number of hydrogen-bond donors (Lipinski definition) is 3. The fourth-order valence-corrected chi connectivity index (χ4v) is 5.49. The zero-order chi connectivity index (χ0) is 28.9. The van der Waals surface area contributed by atoms with E-state index in [4.69, 9.17) is 0 Å². The monoisotopic (exact) mass is 557 g/mol. The standard InChI is InChI=1S/C34H31N5O3/c40-32(26-16-8-3-9-17-26)36-28-18-10-11-19-29(28)39-31(25-14-6-2-7-15-25)30(37-34(39)42)33(41)38-21-20-35-23-27(38)22-24-12-4-1-5-13-24/h1-19,27,35H,20-23H2,(H,36,40)(H,37,42). The minimum atomic E-state index is -0.464. The van der Waals surface area contributed by atoms with Crippen molar-refractivity contribution in [2.75, 3.05) is 25.0 Å². The maximum Gasteiger partial charge on any atom is 0.331 e. The van der Waals surface area contributed by atoms with Gasteiger partial charge >= 0.3 is 5.69 Å². The van der Waals surface area contributed by atoms with E-state index in [-0.39, 0.29) is 23.6 Å². The number of anilines is 1. The van der Waals surface area contributed by atoms with Crippen molar-refractivity contribution in [2.45, 2.75) is 12.5 Å². The molecule has 210 valence electrons. The lowest BCUT2D eigenvalue weighted by atomic mass is 10.0. The SMILES string of the molecule is O=C(Nc1ccccc1-n1c(-c2ccccc2)c(C(=O)N2CCNCC2Cc2ccccc2)[nH]c1=O)c1ccccc1. The van der Waals surface area contributed by atoms with Gasteiger partial charge in [0.2, 0.25) is 0 Å². The molecule has 8 heteroatoms. The van der Waals surface area contributed by atoms with Crippen LogP contribution in [0.25, 0.3) is 16.9 Å². The maximum atomic E-state index is 14.3. The van der Waals surface area contributed by atoms with Gasteiger partial charge in [-0.2, -0.15) is 0 Å². The number of rotatable bonds is 7. The predicted molar refractivity (Wildman–Crippen MR) is 164 cm³/mol. The lowest BCUT2D eigenvalue weighted by molar-refractivity contribution is 0.0631. The van der Waals surface area contributed by atoms with Crippen molar-refractivity contribution in [1.82, 2.24) is 19.8 Å². The highest BCUT2D eigenvalue weighted by Gasteiger charge is 2.32. The predicted octanol–water partition coefficient (Wildman–Crippen LogP) is 4.74. The molecule has 0 spiro atoms. The van der Waals surface area contributed by atoms with Crippen LogP contribution in [0.5, 0.6) is 0 Å². The Morgan fingerprint density at radius 2 is 1.45 bits per heavy atom. The minimum absolute atomic E-state index is 0.0819. The molecule has 1 aromatic heterocycles. The molecule has 8 nitrogen and oxygen atoms in total. The molecule has 0 saturated carbocycles. The van der Waals surface area contributed by atoms with Crippen LogP contribution in [0.1, 0.15) is 26.4 Å². The highest BCUT2D eigenvalue weighted by Crippen LogP contribution is 2.30. The van der Waals surface area contributed by atoms with Crippen molar-refractivity contribution >= 4 is 17.5 Å². The fourth-order valence-electron chi connectivity index (χ4n) is 5.49. The second kappa shape index (κ2) is 12.1. The molecular formula is C34H31N5O3. The zero-order valence-electron chi connectivity index (χ0n) is 23.0. The Labute approximate surface area is 243 Å². The first-order chi connectivity index (χ1) is 20.6. The number of carbonyl (C=O) groups excluding carboxylic acids is 2. The van der Waals surface area contributed by atoms with Crippen LogP contribution in [0.15, 0.2) is 120 Å². The average Bonchev–Trinajstić information content (AvgIpc) is 3.39. The molecule has 0 aliphatic carbocycles. The summed E-state index contributed by atoms with van der Waals surface area (Å²) in [5.41, 5.74) is 3.46. The number of piperazine rings is 1. The van der Waals surface area contributed by atoms with Gasteiger partial charge in [0.15, 0.2) is 0 Å². The molecule has 3 N–H and O–H groups in total. The lowest BCUT2D eigenvalue weighted by Gasteiger charge is -2.36. The molecule has 1 saturated heterocycles. The Morgan fingerprint density at radius 3 is 2.19 bits per heavy atom. The number of benzene rings is 4. The van der Waals surface area contributed by atoms with Crippen molar-refractivity contribution in [2.24, 2.45) is 0 Å². The summed E-state index contributed by atoms with van der Waals surface area (Å²) < 4.78 is 1.48. The molecule has 1 aliphatic heterocycles. The van der Waals surface area contributed by atoms with Gasteiger partial charge in [-0.25, -0.2) is 4.79 Å². The summed E-state index contributed by atoms with van der Waals surface area (Å²) in [4.78, 5) is 45.8. The lowest BCUT2D eigenvalue weighted by Crippen LogP contribution is -2.54. The number of carbonyl (C=O) groups is 2. The van der Waals surface area contributed by atoms with Crippen LogP contribution in [0.4, 0.5) is 5.69 Å². The first-order valence-corrected chi connectivity index (χ1v) is 14.0. The van der Waals surface area contributed by atoms with Crippen molar-refractivity contribution in [3.63, 3.8) is 0 Å². The Kier molecular flexibility index (Phi) is 7.79. The molecule has 4 aromatic carbocycles. The second-order valence-electron chi connectivity index (χ2n) is 10.2. The van der Waals surface area contributed by atoms with Crippen LogP contribution in [-0.2, 0) is 6.42 Å². The van der Waals surface area contributed by atoms with E-state index < -0.39 is 5.69 Å². The number of nitrogens with one attached hydrogen (secondary N) is 3. The van der Waals surface area contributed by atoms with E-state index in [1.165, 1.54) is 4.57 Å². The van der Waals surface area contributed by atoms with E-state index in [1.807, 2.05) is 59.5 Å². The largest absolute Gasteiger partial charge is 0.331 e. The normalized spacial score (nSPS) is 14.9. The van der Waals surface area contributed by atoms with Crippen molar-refractivity contribution in [3.8, 4) is 16.9 Å². The fraction of sp³-hybridized carbons (Fsp3) is 0.147. The second-order valence-corrected chi connectivity index (χ2v) is 10.2. The van der Waals surface area contributed by atoms with E-state index in [0.29, 0.717) is 54.3 Å². The van der Waals surface area contributed by atoms with Gasteiger partial charge in [-0.15, -0.1) is 0 Å². The highest BCUT2D eigenvalue weighted by molar-refractivity contribution is 6.05. The summed E-state index contributed by atoms with van der Waals surface area (Å²) in [6.45, 7) is 1.83. The van der Waals surface area contributed by atoms with Crippen LogP contribution in [0, 0.1) is 0 Å². The van der Waals surface area contributed by atoms with Gasteiger partial charge in [-0.05, 0) is 36.2 Å². The number of hydrogen-bond acceptors (Lipinski definition) is 4. The molecular weight excluding hydrogens is 526 g/mol. The Balaban J connectivity index is 1.43. The van der Waals surface area contributed by atoms with Crippen LogP contribution < -0.4 is 16.3 Å². The topological polar surface area (TPSA) is 99.2 Å². The van der Waals surface area contributed by atoms with Crippen LogP contribution in [0.2, 0.25) is 0 Å². The molecule has 5 aromatic rings. The zero-order valence-corrected chi connectivity index (χ0v) is 23.0. The number of imidazole rings is 1. The van der Waals surface area contributed by atoms with Crippen LogP contribution >= 0.6 is 0 Å². The average molecular weight is 558 g/mol. The molecule has 1 unspecified atom stereocenters. The number of aromatic amines is 1. The third-order valence-electron chi connectivity index (χ3n) is 7.51. The number of aromatic nitrogens is 2. The maximum absolute atomic E-state index is 14.3. The van der Waals surface area contributed by atoms with E-state index in [9.17, 15) is 14.4 Å². The molecule has 42 heavy (non-hydrogen) atoms. The molecule has 0 radical (unpaired) electrons. The third-order valence-corrected chi connectivity index (χ3v) is 7.51. The number of nitrogens with zero attached hydrogens (tertiary/aromatic N) is 2. The molecule has 2 amide bonds. The van der Waals surface area contributed by atoms with Gasteiger partial charge in [0.05, 0.1) is 17.1 Å². The van der Waals surface area contributed by atoms with Gasteiger partial charge < -0.3 is 20.5 Å². The summed E-state index contributed by atoms with van der Waals surface area (Å²) in [7, 11) is 0. The highest BCUT2D eigenvalue weighted by atomic mass is 16.2. The summed E-state index contributed by atoms with van der Waals surface area (Å²) in [6.07, 6.45) is 0.694. The van der Waals surface area contributed by atoms with Gasteiger partial charge in [-0.1, -0.05) is 91.0 Å². The van der Waals surface area contributed by atoms with Gasteiger partial charge in [0.25, 0.3) is 11.8 Å². The molecule has 0 bridgehead atoms. The third kappa shape index (κ3) is 5.53. The van der Waals surface area contributed by atoms with Crippen molar-refractivity contribution in [1.29, 1.82) is 0 Å². The van der Waals surface area contributed by atoms with Crippen molar-refractivity contribution in [3.05, 3.63) is 143 Å². The smallest absolute Gasteiger partial charge is 0.331 e. The van der Waals surface area contributed by atoms with Gasteiger partial charge in [0, 0.05) is 36.8 Å². The van der Waals surface area contributed by atoms with E-state index in [0.717, 1.165) is 5.56 Å². The van der Waals surface area contributed by atoms with E-state index in [2.05, 4.69) is 27.8 Å². The number of H-pyrrole nitrogens is 1. The first-order valence-electron chi connectivity index (χ1n) is 14.0. The Hall–Kier alpha value is -5.21. The van der Waals surface area contributed by atoms with Crippen molar-refractivity contribution < 1.29 is 9.59 Å². The first kappa shape index (κ1) is 27.0. The summed E-state index contributed by atoms with van der Waals surface area (Å²) >= 11 is 0.